The zero-order valence-electron chi connectivity index (χ0n) is 24.5. The average molecular weight is 528 g/mol. The fourth-order valence-corrected chi connectivity index (χ4v) is 5.39. The van der Waals surface area contributed by atoms with Crippen molar-refractivity contribution in [1.82, 2.24) is 9.47 Å². The van der Waals surface area contributed by atoms with E-state index in [0.717, 1.165) is 72.1 Å². The topological polar surface area (TPSA) is 73.8 Å². The molecule has 1 aliphatic rings. The number of nitrogen functional groups attached to an aromatic ring is 1. The summed E-state index contributed by atoms with van der Waals surface area (Å²) in [5.41, 5.74) is 16.2. The molecular weight excluding hydrogens is 482 g/mol. The van der Waals surface area contributed by atoms with Gasteiger partial charge in [0, 0.05) is 50.9 Å². The number of allylic oxidation sites excluding steroid dienone is 3. The summed E-state index contributed by atoms with van der Waals surface area (Å²) < 4.78 is 2.40. The molecule has 7 heteroatoms. The van der Waals surface area contributed by atoms with E-state index in [0.29, 0.717) is 0 Å². The average Bonchev–Trinajstić information content (AvgIpc) is 3.31. The number of hydrogen-bond acceptors (Lipinski definition) is 6. The molecule has 1 unspecified atom stereocenters. The second-order valence-electron chi connectivity index (χ2n) is 10.6. The number of para-hydroxylation sites is 1. The molecule has 1 aromatic heterocycles. The number of benzene rings is 2. The van der Waals surface area contributed by atoms with Crippen molar-refractivity contribution in [3.63, 3.8) is 0 Å². The van der Waals surface area contributed by atoms with Crippen molar-refractivity contribution < 1.29 is 0 Å². The zero-order valence-corrected chi connectivity index (χ0v) is 24.5. The van der Waals surface area contributed by atoms with Crippen molar-refractivity contribution in [1.29, 1.82) is 0 Å². The Labute approximate surface area is 234 Å². The largest absolute Gasteiger partial charge is 0.397 e. The van der Waals surface area contributed by atoms with Crippen molar-refractivity contribution in [3.8, 4) is 0 Å². The first-order valence-corrected chi connectivity index (χ1v) is 14.0. The number of hydrogen-bond donors (Lipinski definition) is 3. The smallest absolute Gasteiger partial charge is 0.119 e. The summed E-state index contributed by atoms with van der Waals surface area (Å²) in [5, 5.41) is 8.29. The lowest BCUT2D eigenvalue weighted by atomic mass is 9.98. The minimum Gasteiger partial charge on any atom is -0.397 e. The van der Waals surface area contributed by atoms with E-state index in [1.807, 2.05) is 19.2 Å². The maximum atomic E-state index is 6.57. The van der Waals surface area contributed by atoms with Gasteiger partial charge >= 0.3 is 0 Å². The molecule has 7 nitrogen and oxygen atoms in total. The Morgan fingerprint density at radius 1 is 1.21 bits per heavy atom. The van der Waals surface area contributed by atoms with Crippen LogP contribution in [0.1, 0.15) is 37.8 Å². The van der Waals surface area contributed by atoms with Crippen LogP contribution in [0.4, 0.5) is 22.7 Å². The van der Waals surface area contributed by atoms with Crippen LogP contribution in [0.2, 0.25) is 0 Å². The minimum atomic E-state index is -0.148. The van der Waals surface area contributed by atoms with E-state index in [-0.39, 0.29) is 6.17 Å². The quantitative estimate of drug-likeness (QED) is 0.154. The Morgan fingerprint density at radius 3 is 2.67 bits per heavy atom. The fourth-order valence-electron chi connectivity index (χ4n) is 5.39. The molecule has 0 radical (unpaired) electrons. The lowest BCUT2D eigenvalue weighted by Crippen LogP contribution is -2.29. The predicted octanol–water partition coefficient (Wildman–Crippen LogP) is 5.98. The number of nitrogens with two attached hydrogens (primary N) is 1. The van der Waals surface area contributed by atoms with Crippen molar-refractivity contribution in [2.24, 2.45) is 4.99 Å². The molecule has 2 aromatic carbocycles. The van der Waals surface area contributed by atoms with E-state index in [9.17, 15) is 0 Å². The first-order chi connectivity index (χ1) is 18.8. The minimum absolute atomic E-state index is 0.148. The van der Waals surface area contributed by atoms with E-state index < -0.39 is 0 Å². The standard InChI is InChI=1S/C32H45N7/c1-8-22(9-2)31(25-21-39-16-12-14-23-13-11-15-24(25)32(23)39)36-30(10-3)35-28-19-26(33)29(20-27(28)34-4)38(7)18-17-37(5)6/h8-9,11,13,15,19-21,30,34-35H,1,10,12,14,16-18,33H2,2-7H3/b22-9-,36-31?. The molecule has 1 aliphatic heterocycles. The number of nitrogens with one attached hydrogen (secondary N) is 2. The van der Waals surface area contributed by atoms with E-state index in [4.69, 9.17) is 10.7 Å². The highest BCUT2D eigenvalue weighted by molar-refractivity contribution is 6.21. The number of aromatic nitrogens is 1. The van der Waals surface area contributed by atoms with Crippen molar-refractivity contribution in [2.75, 3.05) is 62.5 Å². The number of rotatable bonds is 12. The summed E-state index contributed by atoms with van der Waals surface area (Å²) in [6.45, 7) is 11.2. The lowest BCUT2D eigenvalue weighted by Gasteiger charge is -2.26. The van der Waals surface area contributed by atoms with Crippen LogP contribution in [0.15, 0.2) is 65.8 Å². The molecule has 3 aromatic rings. The van der Waals surface area contributed by atoms with Crippen LogP contribution in [0.3, 0.4) is 0 Å². The van der Waals surface area contributed by atoms with Gasteiger partial charge in [0.05, 0.1) is 34.0 Å². The van der Waals surface area contributed by atoms with Crippen LogP contribution in [0.5, 0.6) is 0 Å². The highest BCUT2D eigenvalue weighted by atomic mass is 15.2. The van der Waals surface area contributed by atoms with Gasteiger partial charge in [-0.3, -0.25) is 4.99 Å². The maximum absolute atomic E-state index is 6.57. The first-order valence-electron chi connectivity index (χ1n) is 14.0. The van der Waals surface area contributed by atoms with Crippen molar-refractivity contribution in [3.05, 3.63) is 72.0 Å². The van der Waals surface area contributed by atoms with Crippen LogP contribution in [0, 0.1) is 0 Å². The second-order valence-corrected chi connectivity index (χ2v) is 10.6. The van der Waals surface area contributed by atoms with Gasteiger partial charge in [0.2, 0.25) is 0 Å². The molecular formula is C32H45N7. The van der Waals surface area contributed by atoms with Crippen LogP contribution in [-0.2, 0) is 13.0 Å². The molecule has 0 aliphatic carbocycles. The van der Waals surface area contributed by atoms with Gasteiger partial charge in [-0.1, -0.05) is 43.9 Å². The van der Waals surface area contributed by atoms with E-state index >= 15 is 0 Å². The number of likely N-dealkylation sites (N-methyl/N-ethyl adjacent to an activating group) is 2. The van der Waals surface area contributed by atoms with Gasteiger partial charge in [-0.25, -0.2) is 0 Å². The molecule has 0 amide bonds. The Balaban J connectivity index is 1.73. The Bertz CT molecular complexity index is 1380. The summed E-state index contributed by atoms with van der Waals surface area (Å²) in [5.74, 6) is 0. The monoisotopic (exact) mass is 527 g/mol. The van der Waals surface area contributed by atoms with E-state index in [2.05, 4.69) is 103 Å². The number of aliphatic imine (C=N–C) groups is 1. The fraction of sp³-hybridized carbons (Fsp3) is 0.406. The zero-order chi connectivity index (χ0) is 28.1. The van der Waals surface area contributed by atoms with Crippen LogP contribution < -0.4 is 21.3 Å². The van der Waals surface area contributed by atoms with Gasteiger partial charge in [-0.2, -0.15) is 0 Å². The number of anilines is 4. The van der Waals surface area contributed by atoms with Crippen LogP contribution >= 0.6 is 0 Å². The van der Waals surface area contributed by atoms with E-state index in [1.165, 1.54) is 22.9 Å². The molecule has 208 valence electrons. The molecule has 0 spiro atoms. The molecule has 0 fully saturated rings. The van der Waals surface area contributed by atoms with Crippen LogP contribution in [-0.4, -0.2) is 62.6 Å². The third-order valence-electron chi connectivity index (χ3n) is 7.61. The van der Waals surface area contributed by atoms with Gasteiger partial charge in [0.15, 0.2) is 0 Å². The summed E-state index contributed by atoms with van der Waals surface area (Å²) >= 11 is 0. The Hall–Kier alpha value is -3.71. The third kappa shape index (κ3) is 5.98. The maximum Gasteiger partial charge on any atom is 0.119 e. The Morgan fingerprint density at radius 2 is 2.00 bits per heavy atom. The van der Waals surface area contributed by atoms with Crippen LogP contribution in [0.25, 0.3) is 10.9 Å². The van der Waals surface area contributed by atoms with Crippen molar-refractivity contribution >= 4 is 39.4 Å². The predicted molar refractivity (Wildman–Crippen MR) is 171 cm³/mol. The Kier molecular flexibility index (Phi) is 9.02. The molecule has 0 saturated carbocycles. The summed E-state index contributed by atoms with van der Waals surface area (Å²) in [6.07, 6.45) is 9.24. The molecule has 4 N–H and O–H groups in total. The molecule has 0 bridgehead atoms. The lowest BCUT2D eigenvalue weighted by molar-refractivity contribution is 0.416. The highest BCUT2D eigenvalue weighted by Gasteiger charge is 2.21. The molecule has 4 rings (SSSR count). The van der Waals surface area contributed by atoms with Gasteiger partial charge in [0.25, 0.3) is 0 Å². The first kappa shape index (κ1) is 28.3. The second kappa shape index (κ2) is 12.4. The summed E-state index contributed by atoms with van der Waals surface area (Å²) in [7, 11) is 8.19. The SMILES string of the molecule is C=C/C(=C/C)C(=NC(CC)Nc1cc(N)c(N(C)CCN(C)C)cc1NC)c1cn2c3c(cccc13)CCC2. The van der Waals surface area contributed by atoms with Crippen molar-refractivity contribution in [2.45, 2.75) is 45.8 Å². The summed E-state index contributed by atoms with van der Waals surface area (Å²) in [4.78, 5) is 9.71. The third-order valence-corrected chi connectivity index (χ3v) is 7.61. The molecule has 1 atom stereocenters. The number of nitrogens with zero attached hydrogens (tertiary/aromatic N) is 4. The number of aryl methyl sites for hydroxylation is 2. The summed E-state index contributed by atoms with van der Waals surface area (Å²) in [6, 6.07) is 10.8. The molecule has 2 heterocycles. The van der Waals surface area contributed by atoms with Gasteiger partial charge in [-0.15, -0.1) is 0 Å². The molecule has 39 heavy (non-hydrogen) atoms. The van der Waals surface area contributed by atoms with E-state index in [1.54, 1.807) is 0 Å². The van der Waals surface area contributed by atoms with Gasteiger partial charge in [0.1, 0.15) is 6.17 Å². The highest BCUT2D eigenvalue weighted by Crippen LogP contribution is 2.35. The van der Waals surface area contributed by atoms with Gasteiger partial charge < -0.3 is 30.7 Å². The normalized spacial score (nSPS) is 14.5. The molecule has 0 saturated heterocycles. The van der Waals surface area contributed by atoms with Gasteiger partial charge in [-0.05, 0) is 63.6 Å².